The van der Waals surface area contributed by atoms with Gasteiger partial charge in [-0.2, -0.15) is 0 Å². The Morgan fingerprint density at radius 1 is 1.20 bits per heavy atom. The van der Waals surface area contributed by atoms with E-state index in [0.29, 0.717) is 30.5 Å². The van der Waals surface area contributed by atoms with E-state index in [2.05, 4.69) is 10.6 Å². The molecule has 3 rings (SSSR count). The Morgan fingerprint density at radius 2 is 1.97 bits per heavy atom. The number of unbranched alkanes of at least 4 members (excludes halogenated alkanes) is 1. The molecule has 0 aromatic heterocycles. The lowest BCUT2D eigenvalue weighted by molar-refractivity contribution is -0.0563. The highest BCUT2D eigenvalue weighted by molar-refractivity contribution is 6.31. The molecule has 2 fully saturated rings. The zero-order valence-electron chi connectivity index (χ0n) is 21.7. The van der Waals surface area contributed by atoms with Gasteiger partial charge in [-0.15, -0.1) is 0 Å². The van der Waals surface area contributed by atoms with Crippen molar-refractivity contribution in [2.45, 2.75) is 82.3 Å². The minimum Gasteiger partial charge on any atom is -0.385 e. The molecule has 2 amide bonds. The van der Waals surface area contributed by atoms with Crippen LogP contribution in [0, 0.1) is 11.8 Å². The maximum absolute atomic E-state index is 13.4. The van der Waals surface area contributed by atoms with Crippen LogP contribution in [0.1, 0.15) is 76.2 Å². The van der Waals surface area contributed by atoms with Crippen LogP contribution in [0.2, 0.25) is 5.02 Å². The second-order valence-corrected chi connectivity index (χ2v) is 11.0. The zero-order valence-corrected chi connectivity index (χ0v) is 22.5. The first-order valence-electron chi connectivity index (χ1n) is 13.6. The third-order valence-corrected chi connectivity index (χ3v) is 8.33. The van der Waals surface area contributed by atoms with Gasteiger partial charge in [0.15, 0.2) is 0 Å². The van der Waals surface area contributed by atoms with Crippen LogP contribution in [0.25, 0.3) is 0 Å². The van der Waals surface area contributed by atoms with Gasteiger partial charge in [-0.3, -0.25) is 0 Å². The smallest absolute Gasteiger partial charge is 0.317 e. The molecule has 1 heterocycles. The molecule has 1 aliphatic carbocycles. The number of hydrogen-bond acceptors (Lipinski definition) is 4. The summed E-state index contributed by atoms with van der Waals surface area (Å²) in [7, 11) is 3.65. The minimum absolute atomic E-state index is 0.00773. The molecule has 0 radical (unpaired) electrons. The average Bonchev–Trinajstić information content (AvgIpc) is 2.87. The first kappa shape index (κ1) is 28.2. The van der Waals surface area contributed by atoms with Crippen LogP contribution in [-0.4, -0.2) is 62.5 Å². The van der Waals surface area contributed by atoms with Gasteiger partial charge in [0.2, 0.25) is 0 Å². The van der Waals surface area contributed by atoms with Crippen LogP contribution in [0.3, 0.4) is 0 Å². The largest absolute Gasteiger partial charge is 0.385 e. The van der Waals surface area contributed by atoms with Crippen molar-refractivity contribution < 1.29 is 14.6 Å². The summed E-state index contributed by atoms with van der Waals surface area (Å²) in [6.07, 6.45) is 11.6. The van der Waals surface area contributed by atoms with Crippen LogP contribution >= 0.6 is 11.6 Å². The number of nitrogens with zero attached hydrogens (tertiary/aromatic N) is 1. The van der Waals surface area contributed by atoms with Crippen LogP contribution in [0.15, 0.2) is 24.3 Å². The fourth-order valence-corrected chi connectivity index (χ4v) is 6.39. The number of ether oxygens (including phenoxy) is 1. The number of aliphatic hydroxyl groups is 1. The molecule has 1 saturated carbocycles. The van der Waals surface area contributed by atoms with Crippen molar-refractivity contribution in [2.75, 3.05) is 40.4 Å². The monoisotopic (exact) mass is 507 g/mol. The number of carbonyl (C=O) groups is 1. The molecule has 0 spiro atoms. The second-order valence-electron chi connectivity index (χ2n) is 10.6. The molecule has 198 valence electrons. The third-order valence-electron chi connectivity index (χ3n) is 8.00. The number of urea groups is 1. The first-order chi connectivity index (χ1) is 17.0. The molecule has 3 atom stereocenters. The summed E-state index contributed by atoms with van der Waals surface area (Å²) in [5.41, 5.74) is -0.297. The molecule has 3 N–H and O–H groups in total. The molecule has 1 aromatic carbocycles. The molecule has 6 nitrogen and oxygen atoms in total. The van der Waals surface area contributed by atoms with Crippen molar-refractivity contribution in [3.05, 3.63) is 34.9 Å². The van der Waals surface area contributed by atoms with Crippen molar-refractivity contribution in [2.24, 2.45) is 11.8 Å². The standard InChI is InChI=1S/C28H46ClN3O3/c1-30-20-24(19-22-11-4-3-5-12-22)31-27(33)32-17-10-13-23(21-32)28(34,16-8-9-18-35-2)25-14-6-7-15-26(25)29/h6-7,14-15,22-24,30,34H,3-5,8-13,16-21H2,1-2H3,(H,31,33)/t23-,24?,28+/m1/s1. The van der Waals surface area contributed by atoms with Gasteiger partial charge < -0.3 is 25.4 Å². The summed E-state index contributed by atoms with van der Waals surface area (Å²) in [6, 6.07) is 7.73. The molecule has 1 aliphatic heterocycles. The molecular weight excluding hydrogens is 462 g/mol. The predicted octanol–water partition coefficient (Wildman–Crippen LogP) is 5.32. The van der Waals surface area contributed by atoms with Crippen molar-refractivity contribution >= 4 is 17.6 Å². The van der Waals surface area contributed by atoms with E-state index in [1.165, 1.54) is 32.1 Å². The fourth-order valence-electron chi connectivity index (χ4n) is 6.09. The predicted molar refractivity (Wildman–Crippen MR) is 143 cm³/mol. The van der Waals surface area contributed by atoms with Crippen LogP contribution in [0.4, 0.5) is 4.79 Å². The van der Waals surface area contributed by atoms with Gasteiger partial charge in [-0.05, 0) is 57.6 Å². The van der Waals surface area contributed by atoms with Gasteiger partial charge in [0.25, 0.3) is 0 Å². The Bertz CT molecular complexity index is 774. The number of amides is 2. The topological polar surface area (TPSA) is 73.8 Å². The van der Waals surface area contributed by atoms with E-state index in [4.69, 9.17) is 16.3 Å². The number of rotatable bonds is 12. The van der Waals surface area contributed by atoms with E-state index >= 15 is 0 Å². The highest BCUT2D eigenvalue weighted by Gasteiger charge is 2.42. The number of carbonyl (C=O) groups excluding carboxylic acids is 1. The summed E-state index contributed by atoms with van der Waals surface area (Å²) >= 11 is 6.58. The summed E-state index contributed by atoms with van der Waals surface area (Å²) in [4.78, 5) is 15.3. The number of hydrogen-bond donors (Lipinski definition) is 3. The molecule has 0 bridgehead atoms. The number of piperidine rings is 1. The number of methoxy groups -OCH3 is 1. The average molecular weight is 508 g/mol. The number of halogens is 1. The maximum atomic E-state index is 13.4. The van der Waals surface area contributed by atoms with E-state index in [9.17, 15) is 9.90 Å². The Balaban J connectivity index is 1.68. The molecule has 35 heavy (non-hydrogen) atoms. The first-order valence-corrected chi connectivity index (χ1v) is 14.0. The lowest BCUT2D eigenvalue weighted by atomic mass is 9.74. The van der Waals surface area contributed by atoms with Crippen molar-refractivity contribution in [3.8, 4) is 0 Å². The molecule has 1 saturated heterocycles. The number of nitrogens with one attached hydrogen (secondary N) is 2. The SMILES string of the molecule is CNCC(CC1CCCCC1)NC(=O)N1CCC[C@@H]([C@@](O)(CCCCOC)c2ccccc2Cl)C1. The van der Waals surface area contributed by atoms with Crippen LogP contribution in [0.5, 0.6) is 0 Å². The zero-order chi connectivity index (χ0) is 25.1. The van der Waals surface area contributed by atoms with Gasteiger partial charge in [-0.25, -0.2) is 4.79 Å². The number of benzene rings is 1. The third kappa shape index (κ3) is 8.08. The highest BCUT2D eigenvalue weighted by Crippen LogP contribution is 2.42. The van der Waals surface area contributed by atoms with E-state index in [1.807, 2.05) is 36.2 Å². The van der Waals surface area contributed by atoms with Crippen molar-refractivity contribution in [1.82, 2.24) is 15.5 Å². The molecule has 7 heteroatoms. The summed E-state index contributed by atoms with van der Waals surface area (Å²) < 4.78 is 5.22. The van der Waals surface area contributed by atoms with Crippen molar-refractivity contribution in [3.63, 3.8) is 0 Å². The van der Waals surface area contributed by atoms with Gasteiger partial charge in [0.05, 0.1) is 5.60 Å². The Morgan fingerprint density at radius 3 is 2.69 bits per heavy atom. The Kier molecular flexibility index (Phi) is 11.6. The second kappa shape index (κ2) is 14.4. The molecule has 2 aliphatic rings. The van der Waals surface area contributed by atoms with Crippen LogP contribution < -0.4 is 10.6 Å². The molecule has 1 aromatic rings. The van der Waals surface area contributed by atoms with Crippen molar-refractivity contribution in [1.29, 1.82) is 0 Å². The van der Waals surface area contributed by atoms with E-state index < -0.39 is 5.60 Å². The maximum Gasteiger partial charge on any atom is 0.317 e. The molecule has 1 unspecified atom stereocenters. The lowest BCUT2D eigenvalue weighted by Gasteiger charge is -2.43. The quantitative estimate of drug-likeness (QED) is 0.334. The van der Waals surface area contributed by atoms with Gasteiger partial charge in [-0.1, -0.05) is 61.9 Å². The Hall–Kier alpha value is -1.34. The minimum atomic E-state index is -1.07. The lowest BCUT2D eigenvalue weighted by Crippen LogP contribution is -2.54. The van der Waals surface area contributed by atoms with E-state index in [1.54, 1.807) is 7.11 Å². The summed E-state index contributed by atoms with van der Waals surface area (Å²) in [6.45, 7) is 2.71. The van der Waals surface area contributed by atoms with Gasteiger partial charge in [0.1, 0.15) is 0 Å². The fraction of sp³-hybridized carbons (Fsp3) is 0.750. The number of likely N-dealkylation sites (N-methyl/N-ethyl adjacent to an activating group) is 1. The normalized spacial score (nSPS) is 21.9. The van der Waals surface area contributed by atoms with Crippen LogP contribution in [-0.2, 0) is 10.3 Å². The highest BCUT2D eigenvalue weighted by atomic mass is 35.5. The Labute approximate surface area is 217 Å². The summed E-state index contributed by atoms with van der Waals surface area (Å²) in [5.74, 6) is 0.638. The van der Waals surface area contributed by atoms with Gasteiger partial charge >= 0.3 is 6.03 Å². The summed E-state index contributed by atoms with van der Waals surface area (Å²) in [5, 5.41) is 19.2. The van der Waals surface area contributed by atoms with Gasteiger partial charge in [0, 0.05) is 55.9 Å². The molecular formula is C28H46ClN3O3. The van der Waals surface area contributed by atoms with E-state index in [-0.39, 0.29) is 18.0 Å². The van der Waals surface area contributed by atoms with E-state index in [0.717, 1.165) is 50.8 Å². The number of likely N-dealkylation sites (tertiary alicyclic amines) is 1.